The smallest absolute Gasteiger partial charge is 0.324 e. The Morgan fingerprint density at radius 3 is 2.55 bits per heavy atom. The third kappa shape index (κ3) is 2.85. The molecule has 1 heterocycles. The molecule has 1 fully saturated rings. The van der Waals surface area contributed by atoms with E-state index < -0.39 is 21.5 Å². The number of nitrogens with one attached hydrogen (secondary N) is 1. The van der Waals surface area contributed by atoms with Gasteiger partial charge in [0.25, 0.3) is 0 Å². The van der Waals surface area contributed by atoms with Crippen LogP contribution in [0.4, 0.5) is 0 Å². The van der Waals surface area contributed by atoms with Gasteiger partial charge in [-0.3, -0.25) is 9.48 Å². The molecule has 7 nitrogen and oxygen atoms in total. The number of aromatic nitrogens is 2. The molecule has 0 unspecified atom stereocenters. The normalized spacial score (nSPS) is 27.4. The number of nitrogens with zero attached hydrogens (tertiary/aromatic N) is 2. The highest BCUT2D eigenvalue weighted by atomic mass is 32.2. The first-order chi connectivity index (χ1) is 9.25. The topological polar surface area (TPSA) is 101 Å². The Hall–Kier alpha value is -1.41. The minimum absolute atomic E-state index is 0.0146. The molecule has 1 aromatic rings. The second-order valence-electron chi connectivity index (χ2n) is 5.52. The first-order valence-electron chi connectivity index (χ1n) is 6.51. The van der Waals surface area contributed by atoms with Crippen molar-refractivity contribution >= 4 is 16.0 Å². The zero-order valence-electron chi connectivity index (χ0n) is 11.5. The van der Waals surface area contributed by atoms with Crippen molar-refractivity contribution in [3.05, 3.63) is 12.4 Å². The molecule has 0 atom stereocenters. The largest absolute Gasteiger partial charge is 0.480 e. The molecule has 0 aliphatic heterocycles. The Balaban J connectivity index is 2.27. The van der Waals surface area contributed by atoms with Gasteiger partial charge in [-0.2, -0.15) is 9.82 Å². The first kappa shape index (κ1) is 15.0. The van der Waals surface area contributed by atoms with Gasteiger partial charge in [-0.05, 0) is 31.6 Å². The molecule has 2 rings (SSSR count). The fourth-order valence-electron chi connectivity index (χ4n) is 2.47. The molecule has 0 radical (unpaired) electrons. The summed E-state index contributed by atoms with van der Waals surface area (Å²) >= 11 is 0. The summed E-state index contributed by atoms with van der Waals surface area (Å²) in [6.07, 6.45) is 4.57. The van der Waals surface area contributed by atoms with Crippen molar-refractivity contribution in [2.75, 3.05) is 0 Å². The number of hydrogen-bond donors (Lipinski definition) is 2. The van der Waals surface area contributed by atoms with Gasteiger partial charge >= 0.3 is 5.97 Å². The van der Waals surface area contributed by atoms with Crippen molar-refractivity contribution in [3.63, 3.8) is 0 Å². The summed E-state index contributed by atoms with van der Waals surface area (Å²) in [5.41, 5.74) is -1.40. The number of carboxylic acids is 1. The van der Waals surface area contributed by atoms with Crippen LogP contribution in [0.2, 0.25) is 0 Å². The van der Waals surface area contributed by atoms with Crippen molar-refractivity contribution in [1.82, 2.24) is 14.5 Å². The maximum atomic E-state index is 12.3. The zero-order valence-corrected chi connectivity index (χ0v) is 12.4. The van der Waals surface area contributed by atoms with Crippen LogP contribution in [0.25, 0.3) is 0 Å². The number of sulfonamides is 1. The Morgan fingerprint density at radius 1 is 1.50 bits per heavy atom. The molecule has 2 N–H and O–H groups in total. The molecule has 1 aromatic heterocycles. The maximum Gasteiger partial charge on any atom is 0.324 e. The summed E-state index contributed by atoms with van der Waals surface area (Å²) in [6.45, 7) is 2.04. The fourth-order valence-corrected chi connectivity index (χ4v) is 3.87. The van der Waals surface area contributed by atoms with Crippen LogP contribution in [0, 0.1) is 5.92 Å². The van der Waals surface area contributed by atoms with Gasteiger partial charge in [-0.25, -0.2) is 8.42 Å². The highest BCUT2D eigenvalue weighted by Crippen LogP contribution is 2.33. The van der Waals surface area contributed by atoms with Gasteiger partial charge in [0.15, 0.2) is 0 Å². The van der Waals surface area contributed by atoms with Crippen LogP contribution in [-0.2, 0) is 21.9 Å². The van der Waals surface area contributed by atoms with Crippen LogP contribution in [0.15, 0.2) is 17.3 Å². The average Bonchev–Trinajstić information content (AvgIpc) is 2.79. The molecule has 20 heavy (non-hydrogen) atoms. The highest BCUT2D eigenvalue weighted by Gasteiger charge is 2.44. The van der Waals surface area contributed by atoms with E-state index in [4.69, 9.17) is 0 Å². The van der Waals surface area contributed by atoms with E-state index in [0.29, 0.717) is 31.6 Å². The van der Waals surface area contributed by atoms with Crippen molar-refractivity contribution in [3.8, 4) is 0 Å². The van der Waals surface area contributed by atoms with Crippen LogP contribution in [0.3, 0.4) is 0 Å². The Morgan fingerprint density at radius 2 is 2.10 bits per heavy atom. The number of aliphatic carboxylic acids is 1. The second-order valence-corrected chi connectivity index (χ2v) is 7.21. The summed E-state index contributed by atoms with van der Waals surface area (Å²) in [5.74, 6) is -0.692. The molecule has 0 aromatic carbocycles. The third-order valence-electron chi connectivity index (χ3n) is 3.86. The van der Waals surface area contributed by atoms with Crippen molar-refractivity contribution < 1.29 is 18.3 Å². The van der Waals surface area contributed by atoms with Crippen LogP contribution < -0.4 is 4.72 Å². The zero-order chi connectivity index (χ0) is 15.0. The first-order valence-corrected chi connectivity index (χ1v) is 7.99. The molecule has 0 saturated heterocycles. The van der Waals surface area contributed by atoms with Gasteiger partial charge < -0.3 is 5.11 Å². The lowest BCUT2D eigenvalue weighted by Gasteiger charge is -2.35. The molecule has 1 aliphatic rings. The van der Waals surface area contributed by atoms with Gasteiger partial charge in [-0.15, -0.1) is 0 Å². The SMILES string of the molecule is CC1CCC(NS(=O)(=O)c2cnn(C)c2)(C(=O)O)CC1. The van der Waals surface area contributed by atoms with E-state index in [9.17, 15) is 18.3 Å². The quantitative estimate of drug-likeness (QED) is 0.853. The summed E-state index contributed by atoms with van der Waals surface area (Å²) < 4.78 is 28.3. The van der Waals surface area contributed by atoms with Gasteiger partial charge in [0.2, 0.25) is 10.0 Å². The minimum atomic E-state index is -3.87. The Kier molecular flexibility index (Phi) is 3.88. The van der Waals surface area contributed by atoms with E-state index in [1.165, 1.54) is 17.1 Å². The number of carboxylic acid groups (broad SMARTS) is 1. The summed E-state index contributed by atoms with van der Waals surface area (Å²) in [5, 5.41) is 13.2. The third-order valence-corrected chi connectivity index (χ3v) is 5.35. The van der Waals surface area contributed by atoms with Crippen molar-refractivity contribution in [2.24, 2.45) is 13.0 Å². The summed E-state index contributed by atoms with van der Waals surface area (Å²) in [7, 11) is -2.27. The van der Waals surface area contributed by atoms with E-state index in [0.717, 1.165) is 0 Å². The number of hydrogen-bond acceptors (Lipinski definition) is 4. The number of carbonyl (C=O) groups is 1. The van der Waals surface area contributed by atoms with E-state index >= 15 is 0 Å². The molecule has 0 amide bonds. The lowest BCUT2D eigenvalue weighted by atomic mass is 9.78. The molecule has 0 bridgehead atoms. The van der Waals surface area contributed by atoms with E-state index in [2.05, 4.69) is 9.82 Å². The lowest BCUT2D eigenvalue weighted by Crippen LogP contribution is -2.56. The van der Waals surface area contributed by atoms with Crippen LogP contribution in [0.5, 0.6) is 0 Å². The molecule has 1 saturated carbocycles. The second kappa shape index (κ2) is 5.17. The van der Waals surface area contributed by atoms with Crippen LogP contribution in [-0.4, -0.2) is 34.8 Å². The molecular weight excluding hydrogens is 282 g/mol. The molecule has 112 valence electrons. The van der Waals surface area contributed by atoms with Crippen molar-refractivity contribution in [2.45, 2.75) is 43.0 Å². The molecular formula is C12H19N3O4S. The molecule has 8 heteroatoms. The number of aryl methyl sites for hydroxylation is 1. The van der Waals surface area contributed by atoms with Gasteiger partial charge in [-0.1, -0.05) is 6.92 Å². The summed E-state index contributed by atoms with van der Waals surface area (Å²) in [6, 6.07) is 0. The fraction of sp³-hybridized carbons (Fsp3) is 0.667. The summed E-state index contributed by atoms with van der Waals surface area (Å²) in [4.78, 5) is 11.5. The van der Waals surface area contributed by atoms with Crippen molar-refractivity contribution in [1.29, 1.82) is 0 Å². The van der Waals surface area contributed by atoms with Gasteiger partial charge in [0.05, 0.1) is 6.20 Å². The van der Waals surface area contributed by atoms with Crippen LogP contribution in [0.1, 0.15) is 32.6 Å². The maximum absolute atomic E-state index is 12.3. The van der Waals surface area contributed by atoms with E-state index in [-0.39, 0.29) is 4.90 Å². The van der Waals surface area contributed by atoms with Gasteiger partial charge in [0.1, 0.15) is 10.4 Å². The van der Waals surface area contributed by atoms with E-state index in [1.54, 1.807) is 7.05 Å². The predicted octanol–water partition coefficient (Wildman–Crippen LogP) is 0.732. The van der Waals surface area contributed by atoms with E-state index in [1.807, 2.05) is 6.92 Å². The average molecular weight is 301 g/mol. The minimum Gasteiger partial charge on any atom is -0.480 e. The Labute approximate surface area is 118 Å². The molecule has 1 aliphatic carbocycles. The monoisotopic (exact) mass is 301 g/mol. The number of rotatable bonds is 4. The van der Waals surface area contributed by atoms with Gasteiger partial charge in [0, 0.05) is 13.2 Å². The standard InChI is InChI=1S/C12H19N3O4S/c1-9-3-5-12(6-4-9,11(16)17)14-20(18,19)10-7-13-15(2)8-10/h7-9,14H,3-6H2,1-2H3,(H,16,17). The highest BCUT2D eigenvalue weighted by molar-refractivity contribution is 7.89. The van der Waals surface area contributed by atoms with Crippen LogP contribution >= 0.6 is 0 Å². The molecule has 0 spiro atoms. The lowest BCUT2D eigenvalue weighted by molar-refractivity contribution is -0.145. The Bertz CT molecular complexity index is 600. The predicted molar refractivity (Wildman–Crippen MR) is 71.5 cm³/mol.